The molecule has 3 rings (SSSR count). The van der Waals surface area contributed by atoms with Crippen LogP contribution in [0.3, 0.4) is 0 Å². The maximum absolute atomic E-state index is 12.5. The van der Waals surface area contributed by atoms with E-state index in [1.54, 1.807) is 38.2 Å². The Bertz CT molecular complexity index is 850. The summed E-state index contributed by atoms with van der Waals surface area (Å²) >= 11 is 7.58. The second-order valence-corrected chi connectivity index (χ2v) is 6.73. The third-order valence-electron chi connectivity index (χ3n) is 3.45. The number of thiophene rings is 1. The van der Waals surface area contributed by atoms with Crippen LogP contribution >= 0.6 is 22.9 Å². The van der Waals surface area contributed by atoms with E-state index in [1.807, 2.05) is 17.5 Å². The van der Waals surface area contributed by atoms with Gasteiger partial charge < -0.3 is 14.2 Å². The molecule has 1 unspecified atom stereocenters. The molecule has 3 aromatic rings. The molecule has 0 aliphatic rings. The average Bonchev–Trinajstić information content (AvgIpc) is 3.27. The Morgan fingerprint density at radius 1 is 1.36 bits per heavy atom. The average molecular weight is 378 g/mol. The van der Waals surface area contributed by atoms with Crippen molar-refractivity contribution in [3.63, 3.8) is 0 Å². The molecular formula is C17H16ClN3O3S. The van der Waals surface area contributed by atoms with Crippen molar-refractivity contribution in [1.29, 1.82) is 0 Å². The van der Waals surface area contributed by atoms with Gasteiger partial charge in [0.25, 0.3) is 5.91 Å². The van der Waals surface area contributed by atoms with Crippen LogP contribution in [0.25, 0.3) is 10.7 Å². The number of aromatic nitrogens is 2. The van der Waals surface area contributed by atoms with E-state index < -0.39 is 6.10 Å². The van der Waals surface area contributed by atoms with Gasteiger partial charge in [-0.2, -0.15) is 4.98 Å². The van der Waals surface area contributed by atoms with Crippen LogP contribution in [0, 0.1) is 0 Å². The molecule has 1 aromatic carbocycles. The third kappa shape index (κ3) is 4.18. The first-order valence-electron chi connectivity index (χ1n) is 7.57. The normalized spacial score (nSPS) is 12.0. The Kier molecular flexibility index (Phi) is 5.35. The van der Waals surface area contributed by atoms with Crippen molar-refractivity contribution < 1.29 is 14.1 Å². The minimum atomic E-state index is -0.690. The summed E-state index contributed by atoms with van der Waals surface area (Å²) in [7, 11) is 1.66. The molecule has 1 atom stereocenters. The summed E-state index contributed by atoms with van der Waals surface area (Å²) in [6, 6.07) is 10.9. The van der Waals surface area contributed by atoms with Gasteiger partial charge in [0.2, 0.25) is 11.7 Å². The fraction of sp³-hybridized carbons (Fsp3) is 0.235. The second kappa shape index (κ2) is 7.67. The summed E-state index contributed by atoms with van der Waals surface area (Å²) in [5.41, 5.74) is 0. The smallest absolute Gasteiger partial charge is 0.263 e. The number of hydrogen-bond acceptors (Lipinski definition) is 6. The van der Waals surface area contributed by atoms with Gasteiger partial charge in [-0.25, -0.2) is 0 Å². The van der Waals surface area contributed by atoms with E-state index in [0.717, 1.165) is 4.88 Å². The summed E-state index contributed by atoms with van der Waals surface area (Å²) < 4.78 is 10.9. The maximum Gasteiger partial charge on any atom is 0.263 e. The first kappa shape index (κ1) is 17.4. The molecule has 0 aliphatic heterocycles. The SMILES string of the molecule is CC(Oc1ccccc1Cl)C(=O)N(C)Cc1nc(-c2cccs2)no1. The molecule has 2 heterocycles. The van der Waals surface area contributed by atoms with Crippen LogP contribution in [0.4, 0.5) is 0 Å². The molecule has 0 saturated heterocycles. The van der Waals surface area contributed by atoms with E-state index in [-0.39, 0.29) is 12.5 Å². The van der Waals surface area contributed by atoms with Crippen LogP contribution in [0.1, 0.15) is 12.8 Å². The number of hydrogen-bond donors (Lipinski definition) is 0. The van der Waals surface area contributed by atoms with Crippen molar-refractivity contribution in [2.45, 2.75) is 19.6 Å². The highest BCUT2D eigenvalue weighted by Gasteiger charge is 2.22. The minimum absolute atomic E-state index is 0.202. The number of likely N-dealkylation sites (N-methyl/N-ethyl adjacent to an activating group) is 1. The van der Waals surface area contributed by atoms with Crippen LogP contribution in [0.5, 0.6) is 5.75 Å². The number of carbonyl (C=O) groups is 1. The molecule has 130 valence electrons. The summed E-state index contributed by atoms with van der Waals surface area (Å²) in [6.07, 6.45) is -0.690. The zero-order valence-electron chi connectivity index (χ0n) is 13.7. The Hall–Kier alpha value is -2.38. The number of ether oxygens (including phenoxy) is 1. The van der Waals surface area contributed by atoms with Crippen LogP contribution in [0.2, 0.25) is 5.02 Å². The van der Waals surface area contributed by atoms with Crippen molar-refractivity contribution in [2.24, 2.45) is 0 Å². The monoisotopic (exact) mass is 377 g/mol. The van der Waals surface area contributed by atoms with Gasteiger partial charge in [0, 0.05) is 7.05 Å². The number of benzene rings is 1. The fourth-order valence-electron chi connectivity index (χ4n) is 2.20. The quantitative estimate of drug-likeness (QED) is 0.652. The molecule has 0 N–H and O–H groups in total. The number of para-hydroxylation sites is 1. The predicted molar refractivity (Wildman–Crippen MR) is 95.6 cm³/mol. The zero-order chi connectivity index (χ0) is 17.8. The van der Waals surface area contributed by atoms with E-state index in [1.165, 1.54) is 16.2 Å². The predicted octanol–water partition coefficient (Wildman–Crippen LogP) is 3.88. The van der Waals surface area contributed by atoms with E-state index in [4.69, 9.17) is 20.9 Å². The molecule has 25 heavy (non-hydrogen) atoms. The highest BCUT2D eigenvalue weighted by atomic mass is 35.5. The van der Waals surface area contributed by atoms with Crippen LogP contribution in [-0.4, -0.2) is 34.1 Å². The second-order valence-electron chi connectivity index (χ2n) is 5.37. The molecule has 0 bridgehead atoms. The Labute approximate surface area is 154 Å². The first-order chi connectivity index (χ1) is 12.0. The maximum atomic E-state index is 12.5. The number of carbonyl (C=O) groups excluding carboxylic acids is 1. The van der Waals surface area contributed by atoms with E-state index in [0.29, 0.717) is 22.5 Å². The lowest BCUT2D eigenvalue weighted by Crippen LogP contribution is -2.37. The van der Waals surface area contributed by atoms with Crippen molar-refractivity contribution in [2.75, 3.05) is 7.05 Å². The lowest BCUT2D eigenvalue weighted by Gasteiger charge is -2.21. The first-order valence-corrected chi connectivity index (χ1v) is 8.83. The molecule has 8 heteroatoms. The van der Waals surface area contributed by atoms with E-state index >= 15 is 0 Å². The largest absolute Gasteiger partial charge is 0.479 e. The number of nitrogens with zero attached hydrogens (tertiary/aromatic N) is 3. The summed E-state index contributed by atoms with van der Waals surface area (Å²) in [5, 5.41) is 6.33. The Morgan fingerprint density at radius 3 is 2.88 bits per heavy atom. The molecule has 2 aromatic heterocycles. The van der Waals surface area contributed by atoms with Crippen molar-refractivity contribution in [1.82, 2.24) is 15.0 Å². The summed E-state index contributed by atoms with van der Waals surface area (Å²) in [5.74, 6) is 1.14. The van der Waals surface area contributed by atoms with Crippen molar-refractivity contribution >= 4 is 28.8 Å². The topological polar surface area (TPSA) is 68.5 Å². The van der Waals surface area contributed by atoms with Gasteiger partial charge in [0.1, 0.15) is 5.75 Å². The Morgan fingerprint density at radius 2 is 2.16 bits per heavy atom. The highest BCUT2D eigenvalue weighted by Crippen LogP contribution is 2.25. The molecule has 0 aliphatic carbocycles. The van der Waals surface area contributed by atoms with Gasteiger partial charge in [-0.05, 0) is 30.5 Å². The van der Waals surface area contributed by atoms with Crippen LogP contribution < -0.4 is 4.74 Å². The van der Waals surface area contributed by atoms with Crippen molar-refractivity contribution in [3.8, 4) is 16.5 Å². The molecule has 0 radical (unpaired) electrons. The van der Waals surface area contributed by atoms with Crippen LogP contribution in [-0.2, 0) is 11.3 Å². The minimum Gasteiger partial charge on any atom is -0.479 e. The van der Waals surface area contributed by atoms with Gasteiger partial charge in [0.05, 0.1) is 16.4 Å². The van der Waals surface area contributed by atoms with E-state index in [9.17, 15) is 4.79 Å². The van der Waals surface area contributed by atoms with Gasteiger partial charge in [0.15, 0.2) is 6.10 Å². The van der Waals surface area contributed by atoms with Gasteiger partial charge in [-0.15, -0.1) is 11.3 Å². The number of halogens is 1. The van der Waals surface area contributed by atoms with Crippen molar-refractivity contribution in [3.05, 3.63) is 52.7 Å². The highest BCUT2D eigenvalue weighted by molar-refractivity contribution is 7.13. The lowest BCUT2D eigenvalue weighted by atomic mass is 10.3. The third-order valence-corrected chi connectivity index (χ3v) is 4.62. The zero-order valence-corrected chi connectivity index (χ0v) is 15.3. The molecule has 1 amide bonds. The standard InChI is InChI=1S/C17H16ClN3O3S/c1-11(23-13-7-4-3-6-12(13)18)17(22)21(2)10-15-19-16(20-24-15)14-8-5-9-25-14/h3-9,11H,10H2,1-2H3. The number of rotatable bonds is 6. The summed E-state index contributed by atoms with van der Waals surface area (Å²) in [6.45, 7) is 1.88. The lowest BCUT2D eigenvalue weighted by molar-refractivity contribution is -0.137. The van der Waals surface area contributed by atoms with Gasteiger partial charge in [-0.3, -0.25) is 4.79 Å². The molecule has 0 fully saturated rings. The van der Waals surface area contributed by atoms with Gasteiger partial charge in [-0.1, -0.05) is 35.0 Å². The molecule has 6 nitrogen and oxygen atoms in total. The molecular weight excluding hydrogens is 362 g/mol. The molecule has 0 spiro atoms. The fourth-order valence-corrected chi connectivity index (χ4v) is 3.03. The molecule has 0 saturated carbocycles. The van der Waals surface area contributed by atoms with E-state index in [2.05, 4.69) is 10.1 Å². The number of amides is 1. The summed E-state index contributed by atoms with van der Waals surface area (Å²) in [4.78, 5) is 19.2. The van der Waals surface area contributed by atoms with Crippen LogP contribution in [0.15, 0.2) is 46.3 Å². The van der Waals surface area contributed by atoms with Gasteiger partial charge >= 0.3 is 0 Å². The Balaban J connectivity index is 1.61.